The summed E-state index contributed by atoms with van der Waals surface area (Å²) in [4.78, 5) is 0.514. The second-order valence-electron chi connectivity index (χ2n) is 8.14. The van der Waals surface area contributed by atoms with Crippen LogP contribution >= 0.6 is 11.9 Å². The van der Waals surface area contributed by atoms with Crippen LogP contribution in [0.3, 0.4) is 0 Å². The third kappa shape index (κ3) is 4.31. The fourth-order valence-electron chi connectivity index (χ4n) is 2.16. The van der Waals surface area contributed by atoms with E-state index >= 15 is 0 Å². The van der Waals surface area contributed by atoms with Crippen LogP contribution in [0.5, 0.6) is 0 Å². The number of alkyl halides is 2. The molecule has 0 aromatic heterocycles. The van der Waals surface area contributed by atoms with Crippen molar-refractivity contribution in [2.45, 2.75) is 76.5 Å². The minimum Gasteiger partial charge on any atom is -0.399 e. The van der Waals surface area contributed by atoms with Gasteiger partial charge in [0, 0.05) is 16.0 Å². The smallest absolute Gasteiger partial charge is 0.399 e. The zero-order valence-electron chi connectivity index (χ0n) is 15.4. The lowest BCUT2D eigenvalue weighted by Gasteiger charge is -2.32. The van der Waals surface area contributed by atoms with Gasteiger partial charge >= 0.3 is 7.12 Å². The van der Waals surface area contributed by atoms with E-state index in [1.54, 1.807) is 12.1 Å². The molecule has 134 valence electrons. The molecule has 1 N–H and O–H groups in total. The molecule has 24 heavy (non-hydrogen) atoms. The highest BCUT2D eigenvalue weighted by atomic mass is 32.2. The average molecular weight is 357 g/mol. The number of nitrogens with one attached hydrogen (secondary N) is 1. The maximum absolute atomic E-state index is 13.5. The molecule has 7 heteroatoms. The quantitative estimate of drug-likeness (QED) is 0.642. The third-order valence-corrected chi connectivity index (χ3v) is 5.57. The zero-order valence-corrected chi connectivity index (χ0v) is 16.2. The molecule has 0 unspecified atom stereocenters. The molecule has 3 nitrogen and oxygen atoms in total. The first-order valence-electron chi connectivity index (χ1n) is 8.04. The van der Waals surface area contributed by atoms with E-state index < -0.39 is 24.7 Å². The summed E-state index contributed by atoms with van der Waals surface area (Å²) in [7, 11) is -0.637. The van der Waals surface area contributed by atoms with E-state index in [1.807, 2.05) is 48.5 Å². The Labute approximate surface area is 148 Å². The fraction of sp³-hybridized carbons (Fsp3) is 0.647. The van der Waals surface area contributed by atoms with Crippen molar-refractivity contribution in [1.82, 2.24) is 4.72 Å². The van der Waals surface area contributed by atoms with E-state index in [0.29, 0.717) is 10.4 Å². The summed E-state index contributed by atoms with van der Waals surface area (Å²) < 4.78 is 42.1. The van der Waals surface area contributed by atoms with E-state index in [4.69, 9.17) is 9.31 Å². The van der Waals surface area contributed by atoms with Crippen LogP contribution in [-0.2, 0) is 9.31 Å². The van der Waals surface area contributed by atoms with Crippen molar-refractivity contribution < 1.29 is 18.1 Å². The molecule has 0 spiro atoms. The van der Waals surface area contributed by atoms with Gasteiger partial charge < -0.3 is 9.31 Å². The molecule has 1 saturated heterocycles. The van der Waals surface area contributed by atoms with Gasteiger partial charge in [-0.15, -0.1) is 0 Å². The van der Waals surface area contributed by atoms with Gasteiger partial charge in [0.1, 0.15) is 0 Å². The predicted molar refractivity (Wildman–Crippen MR) is 95.9 cm³/mol. The molecule has 1 aliphatic rings. The largest absolute Gasteiger partial charge is 0.494 e. The van der Waals surface area contributed by atoms with Crippen molar-refractivity contribution in [2.24, 2.45) is 0 Å². The standard InChI is InChI=1S/C17H26BF2NO2S/c1-15(2,3)21-24-13-9-8-11(10-12(13)14(19)20)18-22-16(4,5)17(6,7)23-18/h8-10,14,21H,1-7H3. The number of hydrogen-bond acceptors (Lipinski definition) is 4. The Morgan fingerprint density at radius 3 is 2.08 bits per heavy atom. The van der Waals surface area contributed by atoms with Crippen LogP contribution in [0.25, 0.3) is 0 Å². The van der Waals surface area contributed by atoms with Crippen molar-refractivity contribution in [3.8, 4) is 0 Å². The Morgan fingerprint density at radius 1 is 1.08 bits per heavy atom. The number of hydrogen-bond donors (Lipinski definition) is 1. The lowest BCUT2D eigenvalue weighted by Crippen LogP contribution is -2.41. The van der Waals surface area contributed by atoms with Gasteiger partial charge in [0.15, 0.2) is 0 Å². The topological polar surface area (TPSA) is 30.5 Å². The van der Waals surface area contributed by atoms with Gasteiger partial charge in [-0.25, -0.2) is 8.78 Å². The second kappa shape index (κ2) is 6.59. The van der Waals surface area contributed by atoms with Crippen LogP contribution in [0.1, 0.15) is 60.5 Å². The highest BCUT2D eigenvalue weighted by Crippen LogP contribution is 2.37. The lowest BCUT2D eigenvalue weighted by molar-refractivity contribution is 0.00578. The van der Waals surface area contributed by atoms with Crippen molar-refractivity contribution in [3.05, 3.63) is 23.8 Å². The number of rotatable bonds is 4. The summed E-state index contributed by atoms with van der Waals surface area (Å²) in [5.41, 5.74) is -0.560. The first kappa shape index (κ1) is 19.7. The van der Waals surface area contributed by atoms with E-state index in [-0.39, 0.29) is 11.1 Å². The van der Waals surface area contributed by atoms with Gasteiger partial charge in [0.05, 0.1) is 11.2 Å². The maximum atomic E-state index is 13.5. The minimum atomic E-state index is -2.56. The molecule has 1 aromatic carbocycles. The van der Waals surface area contributed by atoms with Crippen LogP contribution in [0.15, 0.2) is 23.1 Å². The summed E-state index contributed by atoms with van der Waals surface area (Å²) in [5.74, 6) is 0. The molecule has 0 amide bonds. The van der Waals surface area contributed by atoms with Crippen LogP contribution in [0, 0.1) is 0 Å². The van der Waals surface area contributed by atoms with E-state index in [0.717, 1.165) is 0 Å². The van der Waals surface area contributed by atoms with Crippen molar-refractivity contribution in [3.63, 3.8) is 0 Å². The fourth-order valence-corrected chi connectivity index (χ4v) is 2.98. The summed E-state index contributed by atoms with van der Waals surface area (Å²) >= 11 is 1.22. The monoisotopic (exact) mass is 357 g/mol. The van der Waals surface area contributed by atoms with E-state index in [9.17, 15) is 8.78 Å². The summed E-state index contributed by atoms with van der Waals surface area (Å²) in [6, 6.07) is 4.98. The molecule has 0 saturated carbocycles. The van der Waals surface area contributed by atoms with Gasteiger partial charge in [0.25, 0.3) is 6.43 Å². The lowest BCUT2D eigenvalue weighted by atomic mass is 9.78. The normalized spacial score (nSPS) is 20.0. The summed E-state index contributed by atoms with van der Waals surface area (Å²) in [5, 5.41) is 0. The highest BCUT2D eigenvalue weighted by Gasteiger charge is 2.51. The molecule has 1 aromatic rings. The van der Waals surface area contributed by atoms with Gasteiger partial charge in [-0.3, -0.25) is 4.72 Å². The van der Waals surface area contributed by atoms with Crippen LogP contribution in [0.2, 0.25) is 0 Å². The third-order valence-electron chi connectivity index (χ3n) is 4.26. The molecule has 0 atom stereocenters. The zero-order chi connectivity index (χ0) is 18.3. The molecule has 1 fully saturated rings. The Bertz CT molecular complexity index is 587. The predicted octanol–water partition coefficient (Wildman–Crippen LogP) is 4.32. The van der Waals surface area contributed by atoms with Crippen molar-refractivity contribution in [1.29, 1.82) is 0 Å². The Balaban J connectivity index is 2.27. The van der Waals surface area contributed by atoms with Crippen LogP contribution < -0.4 is 10.2 Å². The summed E-state index contributed by atoms with van der Waals surface area (Å²) in [6.07, 6.45) is -2.56. The second-order valence-corrected chi connectivity index (χ2v) is 8.99. The summed E-state index contributed by atoms with van der Waals surface area (Å²) in [6.45, 7) is 13.7. The number of benzene rings is 1. The molecule has 1 heterocycles. The van der Waals surface area contributed by atoms with Crippen LogP contribution in [-0.4, -0.2) is 23.9 Å². The van der Waals surface area contributed by atoms with E-state index in [1.165, 1.54) is 18.0 Å². The van der Waals surface area contributed by atoms with Crippen LogP contribution in [0.4, 0.5) is 8.78 Å². The van der Waals surface area contributed by atoms with Gasteiger partial charge in [-0.2, -0.15) is 0 Å². The molecule has 2 rings (SSSR count). The van der Waals surface area contributed by atoms with Crippen molar-refractivity contribution >= 4 is 24.5 Å². The molecular formula is C17H26BF2NO2S. The molecule has 0 aliphatic carbocycles. The average Bonchev–Trinajstić information content (AvgIpc) is 2.64. The Morgan fingerprint density at radius 2 is 1.62 bits per heavy atom. The van der Waals surface area contributed by atoms with Gasteiger partial charge in [-0.05, 0) is 71.9 Å². The Kier molecular flexibility index (Phi) is 5.41. The van der Waals surface area contributed by atoms with E-state index in [2.05, 4.69) is 4.72 Å². The highest BCUT2D eigenvalue weighted by molar-refractivity contribution is 7.97. The van der Waals surface area contributed by atoms with Crippen molar-refractivity contribution in [2.75, 3.05) is 0 Å². The number of halogens is 2. The molecule has 0 bridgehead atoms. The van der Waals surface area contributed by atoms with Gasteiger partial charge in [0.2, 0.25) is 0 Å². The Hall–Kier alpha value is -0.625. The minimum absolute atomic E-state index is 0.0102. The first-order chi connectivity index (χ1) is 10.8. The van der Waals surface area contributed by atoms with Gasteiger partial charge in [-0.1, -0.05) is 12.1 Å². The maximum Gasteiger partial charge on any atom is 0.494 e. The molecule has 0 radical (unpaired) electrons. The first-order valence-corrected chi connectivity index (χ1v) is 8.86. The molecule has 1 aliphatic heterocycles. The SMILES string of the molecule is CC(C)(C)NSc1ccc(B2OC(C)(C)C(C)(C)O2)cc1C(F)F. The molecular weight excluding hydrogens is 331 g/mol.